The van der Waals surface area contributed by atoms with Crippen molar-refractivity contribution in [3.8, 4) is 0 Å². The summed E-state index contributed by atoms with van der Waals surface area (Å²) < 4.78 is 2.20. The SMILES string of the molecule is CN(c1nc2ccccc2n1C)C1CCCNCC1. The molecule has 19 heavy (non-hydrogen) atoms. The maximum atomic E-state index is 4.79. The van der Waals surface area contributed by atoms with Crippen molar-refractivity contribution < 1.29 is 0 Å². The molecule has 1 aliphatic heterocycles. The number of rotatable bonds is 2. The standard InChI is InChI=1S/C15H22N4/c1-18(12-6-5-10-16-11-9-12)15-17-13-7-3-4-8-14(13)19(15)2/h3-4,7-8,12,16H,5-6,9-11H2,1-2H3. The van der Waals surface area contributed by atoms with Gasteiger partial charge in [0.05, 0.1) is 11.0 Å². The minimum atomic E-state index is 0.588. The zero-order valence-electron chi connectivity index (χ0n) is 11.8. The van der Waals surface area contributed by atoms with Crippen LogP contribution in [0.15, 0.2) is 24.3 Å². The molecule has 1 aromatic heterocycles. The highest BCUT2D eigenvalue weighted by atomic mass is 15.3. The second kappa shape index (κ2) is 5.21. The highest BCUT2D eigenvalue weighted by Crippen LogP contribution is 2.24. The third-order valence-corrected chi connectivity index (χ3v) is 4.17. The van der Waals surface area contributed by atoms with E-state index in [4.69, 9.17) is 4.98 Å². The highest BCUT2D eigenvalue weighted by molar-refractivity contribution is 5.78. The fraction of sp³-hybridized carbons (Fsp3) is 0.533. The zero-order valence-corrected chi connectivity index (χ0v) is 11.8. The molecule has 1 aromatic carbocycles. The molecule has 0 radical (unpaired) electrons. The van der Waals surface area contributed by atoms with Crippen LogP contribution in [0.25, 0.3) is 11.0 Å². The average Bonchev–Trinajstić information content (AvgIpc) is 2.64. The predicted octanol–water partition coefficient (Wildman–Crippen LogP) is 2.15. The van der Waals surface area contributed by atoms with Crippen LogP contribution in [0.4, 0.5) is 5.95 Å². The van der Waals surface area contributed by atoms with Crippen molar-refractivity contribution >= 4 is 17.0 Å². The third kappa shape index (κ3) is 2.32. The Hall–Kier alpha value is -1.55. The molecule has 0 amide bonds. The van der Waals surface area contributed by atoms with Gasteiger partial charge in [-0.05, 0) is 44.5 Å². The molecular formula is C15H22N4. The minimum absolute atomic E-state index is 0.588. The van der Waals surface area contributed by atoms with Crippen molar-refractivity contribution in [2.75, 3.05) is 25.0 Å². The van der Waals surface area contributed by atoms with E-state index in [0.29, 0.717) is 6.04 Å². The molecule has 2 aromatic rings. The molecule has 0 bridgehead atoms. The molecule has 1 N–H and O–H groups in total. The predicted molar refractivity (Wildman–Crippen MR) is 79.6 cm³/mol. The van der Waals surface area contributed by atoms with E-state index in [1.165, 1.54) is 24.8 Å². The second-order valence-corrected chi connectivity index (χ2v) is 5.41. The monoisotopic (exact) mass is 258 g/mol. The number of aryl methyl sites for hydroxylation is 1. The van der Waals surface area contributed by atoms with Crippen molar-refractivity contribution in [3.63, 3.8) is 0 Å². The Labute approximate surface area is 114 Å². The van der Waals surface area contributed by atoms with E-state index in [1.807, 2.05) is 0 Å². The van der Waals surface area contributed by atoms with Crippen LogP contribution in [0.5, 0.6) is 0 Å². The average molecular weight is 258 g/mol. The van der Waals surface area contributed by atoms with E-state index in [0.717, 1.165) is 24.6 Å². The van der Waals surface area contributed by atoms with Crippen molar-refractivity contribution in [3.05, 3.63) is 24.3 Å². The number of fused-ring (bicyclic) bond motifs is 1. The van der Waals surface area contributed by atoms with E-state index in [9.17, 15) is 0 Å². The van der Waals surface area contributed by atoms with Crippen molar-refractivity contribution in [1.82, 2.24) is 14.9 Å². The number of benzene rings is 1. The van der Waals surface area contributed by atoms with Gasteiger partial charge in [0.2, 0.25) is 5.95 Å². The summed E-state index contributed by atoms with van der Waals surface area (Å²) in [6.45, 7) is 2.26. The number of hydrogen-bond acceptors (Lipinski definition) is 3. The van der Waals surface area contributed by atoms with Crippen LogP contribution in [0, 0.1) is 0 Å². The number of nitrogens with one attached hydrogen (secondary N) is 1. The number of anilines is 1. The molecule has 1 unspecified atom stereocenters. The van der Waals surface area contributed by atoms with E-state index in [2.05, 4.69) is 53.1 Å². The van der Waals surface area contributed by atoms with Gasteiger partial charge in [-0.15, -0.1) is 0 Å². The molecule has 4 nitrogen and oxygen atoms in total. The largest absolute Gasteiger partial charge is 0.342 e. The Morgan fingerprint density at radius 2 is 2.11 bits per heavy atom. The molecular weight excluding hydrogens is 236 g/mol. The molecule has 1 atom stereocenters. The molecule has 4 heteroatoms. The van der Waals surface area contributed by atoms with E-state index < -0.39 is 0 Å². The lowest BCUT2D eigenvalue weighted by Crippen LogP contribution is -2.34. The summed E-state index contributed by atoms with van der Waals surface area (Å²) in [6, 6.07) is 8.93. The molecule has 102 valence electrons. The van der Waals surface area contributed by atoms with Crippen LogP contribution >= 0.6 is 0 Å². The van der Waals surface area contributed by atoms with Crippen LogP contribution in [0.1, 0.15) is 19.3 Å². The molecule has 3 rings (SSSR count). The number of para-hydroxylation sites is 2. The molecule has 0 spiro atoms. The molecule has 1 saturated heterocycles. The Kier molecular flexibility index (Phi) is 3.42. The first-order valence-corrected chi connectivity index (χ1v) is 7.12. The summed E-state index contributed by atoms with van der Waals surface area (Å²) in [5.74, 6) is 1.08. The van der Waals surface area contributed by atoms with E-state index >= 15 is 0 Å². The van der Waals surface area contributed by atoms with Gasteiger partial charge in [0.25, 0.3) is 0 Å². The Morgan fingerprint density at radius 3 is 2.95 bits per heavy atom. The van der Waals surface area contributed by atoms with Gasteiger partial charge in [-0.3, -0.25) is 0 Å². The fourth-order valence-electron chi connectivity index (χ4n) is 3.00. The lowest BCUT2D eigenvalue weighted by Gasteiger charge is -2.27. The highest BCUT2D eigenvalue weighted by Gasteiger charge is 2.20. The van der Waals surface area contributed by atoms with Crippen LogP contribution in [-0.2, 0) is 7.05 Å². The summed E-state index contributed by atoms with van der Waals surface area (Å²) in [6.07, 6.45) is 3.69. The zero-order chi connectivity index (χ0) is 13.2. The lowest BCUT2D eigenvalue weighted by atomic mass is 10.1. The number of hydrogen-bond donors (Lipinski definition) is 1. The lowest BCUT2D eigenvalue weighted by molar-refractivity contribution is 0.553. The molecule has 0 saturated carbocycles. The first-order valence-electron chi connectivity index (χ1n) is 7.12. The third-order valence-electron chi connectivity index (χ3n) is 4.17. The first-order chi connectivity index (χ1) is 9.27. The summed E-state index contributed by atoms with van der Waals surface area (Å²) in [7, 11) is 4.29. The van der Waals surface area contributed by atoms with Gasteiger partial charge in [-0.25, -0.2) is 4.98 Å². The summed E-state index contributed by atoms with van der Waals surface area (Å²) in [4.78, 5) is 7.14. The quantitative estimate of drug-likeness (QED) is 0.896. The Morgan fingerprint density at radius 1 is 1.26 bits per heavy atom. The molecule has 1 fully saturated rings. The molecule has 0 aliphatic carbocycles. The first kappa shape index (κ1) is 12.5. The van der Waals surface area contributed by atoms with Crippen molar-refractivity contribution in [2.24, 2.45) is 7.05 Å². The van der Waals surface area contributed by atoms with Crippen LogP contribution in [0.3, 0.4) is 0 Å². The van der Waals surface area contributed by atoms with Gasteiger partial charge < -0.3 is 14.8 Å². The van der Waals surface area contributed by atoms with Crippen molar-refractivity contribution in [2.45, 2.75) is 25.3 Å². The Bertz CT molecular complexity index is 552. The summed E-state index contributed by atoms with van der Waals surface area (Å²) in [5, 5.41) is 3.47. The minimum Gasteiger partial charge on any atom is -0.342 e. The number of nitrogens with zero attached hydrogens (tertiary/aromatic N) is 3. The van der Waals surface area contributed by atoms with Gasteiger partial charge in [0.1, 0.15) is 0 Å². The normalized spacial score (nSPS) is 20.4. The molecule has 1 aliphatic rings. The molecule has 2 heterocycles. The maximum absolute atomic E-state index is 4.79. The van der Waals surface area contributed by atoms with E-state index in [1.54, 1.807) is 0 Å². The van der Waals surface area contributed by atoms with Gasteiger partial charge in [0.15, 0.2) is 0 Å². The van der Waals surface area contributed by atoms with Crippen molar-refractivity contribution in [1.29, 1.82) is 0 Å². The summed E-state index contributed by atoms with van der Waals surface area (Å²) >= 11 is 0. The number of aromatic nitrogens is 2. The van der Waals surface area contributed by atoms with Crippen LogP contribution < -0.4 is 10.2 Å². The smallest absolute Gasteiger partial charge is 0.206 e. The van der Waals surface area contributed by atoms with Gasteiger partial charge in [-0.2, -0.15) is 0 Å². The number of imidazole rings is 1. The van der Waals surface area contributed by atoms with Gasteiger partial charge in [0, 0.05) is 20.1 Å². The van der Waals surface area contributed by atoms with E-state index in [-0.39, 0.29) is 0 Å². The van der Waals surface area contributed by atoms with Crippen LogP contribution in [0.2, 0.25) is 0 Å². The van der Waals surface area contributed by atoms with Crippen LogP contribution in [-0.4, -0.2) is 35.7 Å². The summed E-state index contributed by atoms with van der Waals surface area (Å²) in [5.41, 5.74) is 2.29. The van der Waals surface area contributed by atoms with Gasteiger partial charge in [-0.1, -0.05) is 12.1 Å². The second-order valence-electron chi connectivity index (χ2n) is 5.41. The fourth-order valence-corrected chi connectivity index (χ4v) is 3.00. The van der Waals surface area contributed by atoms with Gasteiger partial charge >= 0.3 is 0 Å². The topological polar surface area (TPSA) is 33.1 Å². The maximum Gasteiger partial charge on any atom is 0.206 e. The Balaban J connectivity index is 1.92.